The summed E-state index contributed by atoms with van der Waals surface area (Å²) in [6, 6.07) is 1.85. The predicted octanol–water partition coefficient (Wildman–Crippen LogP) is 7.23. The van der Waals surface area contributed by atoms with Gasteiger partial charge in [0, 0.05) is 37.0 Å². The normalized spacial score (nSPS) is 31.6. The number of nitrogens with zero attached hydrogens (tertiary/aromatic N) is 1. The van der Waals surface area contributed by atoms with Gasteiger partial charge in [0.1, 0.15) is 0 Å². The number of hydrogen-bond acceptors (Lipinski definition) is 5. The number of ether oxygens (including phenoxy) is 2. The van der Waals surface area contributed by atoms with Crippen molar-refractivity contribution in [3.8, 4) is 23.3 Å². The molecule has 7 heteroatoms. The number of rotatable bonds is 10. The van der Waals surface area contributed by atoms with Gasteiger partial charge >= 0.3 is 0 Å². The molecule has 0 heterocycles. The van der Waals surface area contributed by atoms with Gasteiger partial charge in [0.25, 0.3) is 0 Å². The first-order valence-corrected chi connectivity index (χ1v) is 18.3. The molecule has 0 aromatic heterocycles. The van der Waals surface area contributed by atoms with Crippen molar-refractivity contribution < 1.29 is 19.4 Å². The van der Waals surface area contributed by atoms with Crippen molar-refractivity contribution in [2.24, 2.45) is 39.6 Å². The Bertz CT molecular complexity index is 1470. The van der Waals surface area contributed by atoms with Crippen molar-refractivity contribution in [1.82, 2.24) is 0 Å². The molecule has 1 spiro atoms. The zero-order valence-corrected chi connectivity index (χ0v) is 28.7. The lowest BCUT2D eigenvalue weighted by atomic mass is 9.45. The summed E-state index contributed by atoms with van der Waals surface area (Å²) < 4.78 is 13.0. The summed E-state index contributed by atoms with van der Waals surface area (Å²) in [6.07, 6.45) is 20.1. The third-order valence-electron chi connectivity index (χ3n) is 11.9. The molecule has 5 N–H and O–H groups in total. The maximum absolute atomic E-state index is 13.0. The predicted molar refractivity (Wildman–Crippen MR) is 187 cm³/mol. The lowest BCUT2D eigenvalue weighted by Crippen LogP contribution is -2.53. The van der Waals surface area contributed by atoms with Crippen molar-refractivity contribution in [2.75, 3.05) is 7.11 Å². The molecule has 0 radical (unpaired) electrons. The largest absolute Gasteiger partial charge is 0.504 e. The summed E-state index contributed by atoms with van der Waals surface area (Å²) in [5, 5.41) is 12.5. The molecule has 1 aromatic carbocycles. The van der Waals surface area contributed by atoms with Crippen LogP contribution in [-0.4, -0.2) is 42.2 Å². The zero-order chi connectivity index (χ0) is 33.1. The highest BCUT2D eigenvalue weighted by Gasteiger charge is 2.59. The Hall–Kier alpha value is -3.24. The van der Waals surface area contributed by atoms with Crippen LogP contribution in [0.25, 0.3) is 0 Å². The van der Waals surface area contributed by atoms with Crippen LogP contribution in [0.1, 0.15) is 126 Å². The first-order valence-electron chi connectivity index (χ1n) is 18.3. The van der Waals surface area contributed by atoms with E-state index in [9.17, 15) is 9.90 Å². The van der Waals surface area contributed by atoms with Gasteiger partial charge in [-0.15, -0.1) is 0 Å². The Morgan fingerprint density at radius 2 is 2.02 bits per heavy atom. The Labute approximate surface area is 281 Å². The minimum absolute atomic E-state index is 0.00207. The molecular formula is C40H55N3O4. The third kappa shape index (κ3) is 6.86. The second-order valence-electron chi connectivity index (χ2n) is 15.0. The molecule has 254 valence electrons. The molecule has 4 bridgehead atoms. The minimum Gasteiger partial charge on any atom is -0.504 e. The number of ketones is 1. The monoisotopic (exact) mass is 641 g/mol. The van der Waals surface area contributed by atoms with Crippen LogP contribution in [0, 0.1) is 35.0 Å². The van der Waals surface area contributed by atoms with Crippen LogP contribution in [0.5, 0.6) is 11.5 Å². The Balaban J connectivity index is 1.57. The average Bonchev–Trinajstić information content (AvgIpc) is 3.55. The number of fused-ring (bicyclic) bond motifs is 1. The standard InChI is InChI=1S/C40H55N3O4/c1-4-5-6-11-30(44)18-16-26-23-34(47-31-12-7-8-13-31)38(45)36-32(26)14-9-10-29(43-39(41)42)22-27-21-28-17-15-25(2)24-40(28)20-19-33(46-3)35(27)37(36)40/h6,11,21,23,25,27,29,31,33,35,37,45H,4-5,7-8,10,12-13,15-20,22,24H2,1-3H3,(H4,41,42,43). The third-order valence-corrected chi connectivity index (χ3v) is 11.9. The number of phenols is 1. The highest BCUT2D eigenvalue weighted by atomic mass is 16.5. The summed E-state index contributed by atoms with van der Waals surface area (Å²) in [5.41, 5.74) is 16.1. The molecule has 3 saturated carbocycles. The van der Waals surface area contributed by atoms with E-state index in [0.29, 0.717) is 30.9 Å². The summed E-state index contributed by atoms with van der Waals surface area (Å²) >= 11 is 0. The summed E-state index contributed by atoms with van der Waals surface area (Å²) in [4.78, 5) is 17.7. The Morgan fingerprint density at radius 1 is 1.21 bits per heavy atom. The van der Waals surface area contributed by atoms with Gasteiger partial charge in [-0.2, -0.15) is 0 Å². The van der Waals surface area contributed by atoms with Crippen LogP contribution in [0.4, 0.5) is 0 Å². The van der Waals surface area contributed by atoms with Crippen molar-refractivity contribution in [3.05, 3.63) is 46.6 Å². The number of carbonyl (C=O) groups excluding carboxylic acids is 1. The fraction of sp³-hybridized carbons (Fsp3) is 0.650. The number of hydrogen-bond donors (Lipinski definition) is 3. The van der Waals surface area contributed by atoms with E-state index >= 15 is 0 Å². The van der Waals surface area contributed by atoms with E-state index in [1.54, 1.807) is 6.08 Å². The van der Waals surface area contributed by atoms with Crippen molar-refractivity contribution in [3.63, 3.8) is 0 Å². The number of guanidine groups is 1. The highest BCUT2D eigenvalue weighted by Crippen LogP contribution is 2.67. The van der Waals surface area contributed by atoms with Gasteiger partial charge in [-0.1, -0.05) is 49.8 Å². The average molecular weight is 642 g/mol. The fourth-order valence-corrected chi connectivity index (χ4v) is 9.87. The van der Waals surface area contributed by atoms with E-state index in [4.69, 9.17) is 20.9 Å². The number of methoxy groups -OCH3 is 1. The van der Waals surface area contributed by atoms with E-state index < -0.39 is 0 Å². The SMILES string of the molecule is CCCC=CC(=O)CCc1cc(OC2CCCC2)c(O)c2c1C#CCC(N=C(N)N)CC1C=C3CCC(C)CC34CCC(OC)C1C24. The van der Waals surface area contributed by atoms with Crippen LogP contribution >= 0.6 is 0 Å². The van der Waals surface area contributed by atoms with Gasteiger partial charge in [-0.25, -0.2) is 4.99 Å². The van der Waals surface area contributed by atoms with Crippen LogP contribution in [-0.2, 0) is 16.0 Å². The van der Waals surface area contributed by atoms with E-state index in [-0.39, 0.29) is 58.9 Å². The second kappa shape index (κ2) is 14.5. The minimum atomic E-state index is -0.140. The van der Waals surface area contributed by atoms with E-state index in [1.807, 2.05) is 19.3 Å². The molecule has 5 aliphatic rings. The number of carbonyl (C=O) groups is 1. The molecule has 7 atom stereocenters. The summed E-state index contributed by atoms with van der Waals surface area (Å²) in [7, 11) is 1.84. The van der Waals surface area contributed by atoms with Crippen LogP contribution in [0.3, 0.4) is 0 Å². The van der Waals surface area contributed by atoms with Gasteiger partial charge < -0.3 is 26.0 Å². The lowest BCUT2D eigenvalue weighted by Gasteiger charge is -2.60. The first-order chi connectivity index (χ1) is 22.7. The topological polar surface area (TPSA) is 120 Å². The van der Waals surface area contributed by atoms with E-state index in [2.05, 4.69) is 36.8 Å². The Kier molecular flexibility index (Phi) is 10.4. The molecule has 47 heavy (non-hydrogen) atoms. The molecule has 0 aliphatic heterocycles. The lowest BCUT2D eigenvalue weighted by molar-refractivity contribution is -0.114. The van der Waals surface area contributed by atoms with Crippen LogP contribution in [0.15, 0.2) is 34.9 Å². The van der Waals surface area contributed by atoms with Crippen LogP contribution < -0.4 is 16.2 Å². The van der Waals surface area contributed by atoms with Gasteiger partial charge in [-0.05, 0) is 118 Å². The van der Waals surface area contributed by atoms with Gasteiger partial charge in [0.2, 0.25) is 0 Å². The molecule has 0 amide bonds. The number of benzene rings is 1. The van der Waals surface area contributed by atoms with Gasteiger partial charge in [0.05, 0.1) is 18.2 Å². The quantitative estimate of drug-likeness (QED) is 0.0815. The first kappa shape index (κ1) is 33.7. The van der Waals surface area contributed by atoms with Gasteiger partial charge in [0.15, 0.2) is 23.2 Å². The van der Waals surface area contributed by atoms with E-state index in [1.165, 1.54) is 12.0 Å². The molecule has 7 unspecified atom stereocenters. The molecular weight excluding hydrogens is 586 g/mol. The molecule has 0 saturated heterocycles. The fourth-order valence-electron chi connectivity index (χ4n) is 9.87. The van der Waals surface area contributed by atoms with E-state index in [0.717, 1.165) is 87.3 Å². The van der Waals surface area contributed by atoms with Crippen molar-refractivity contribution >= 4 is 11.7 Å². The highest BCUT2D eigenvalue weighted by molar-refractivity contribution is 5.89. The smallest absolute Gasteiger partial charge is 0.186 e. The second-order valence-corrected chi connectivity index (χ2v) is 15.0. The number of nitrogens with two attached hydrogens (primary N) is 2. The van der Waals surface area contributed by atoms with Crippen molar-refractivity contribution in [2.45, 2.75) is 134 Å². The summed E-state index contributed by atoms with van der Waals surface area (Å²) in [5.74, 6) is 8.88. The number of allylic oxidation sites excluding steroid dienone is 4. The number of unbranched alkanes of at least 4 members (excludes halogenated alkanes) is 1. The zero-order valence-electron chi connectivity index (χ0n) is 28.7. The molecule has 7 nitrogen and oxygen atoms in total. The maximum atomic E-state index is 13.0. The number of aliphatic imine (C=N–C) groups is 1. The molecule has 5 aliphatic carbocycles. The van der Waals surface area contributed by atoms with Crippen molar-refractivity contribution in [1.29, 1.82) is 0 Å². The van der Waals surface area contributed by atoms with Gasteiger partial charge in [-0.3, -0.25) is 4.79 Å². The summed E-state index contributed by atoms with van der Waals surface area (Å²) in [6.45, 7) is 4.50. The van der Waals surface area contributed by atoms with Crippen LogP contribution in [0.2, 0.25) is 0 Å². The molecule has 6 rings (SSSR count). The Morgan fingerprint density at radius 3 is 2.77 bits per heavy atom. The molecule has 1 aromatic rings. The molecule has 3 fully saturated rings. The number of phenolic OH excluding ortho intramolecular Hbond substituents is 1. The number of aryl methyl sites for hydroxylation is 1. The number of aromatic hydroxyl groups is 1. The maximum Gasteiger partial charge on any atom is 0.186 e.